The maximum atomic E-state index is 11.3. The van der Waals surface area contributed by atoms with E-state index in [2.05, 4.69) is 53.6 Å². The van der Waals surface area contributed by atoms with E-state index in [4.69, 9.17) is 20.5 Å². The molecule has 0 saturated heterocycles. The maximum absolute atomic E-state index is 11.3. The third kappa shape index (κ3) is 6.18. The van der Waals surface area contributed by atoms with Gasteiger partial charge in [-0.2, -0.15) is 8.42 Å². The molecule has 6 rings (SSSR count). The number of para-hydroxylation sites is 1. The summed E-state index contributed by atoms with van der Waals surface area (Å²) in [7, 11) is -3.39. The minimum absolute atomic E-state index is 0.107. The van der Waals surface area contributed by atoms with E-state index >= 15 is 0 Å². The van der Waals surface area contributed by atoms with Crippen LogP contribution in [0.3, 0.4) is 0 Å². The first-order valence-corrected chi connectivity index (χ1v) is 16.3. The van der Waals surface area contributed by atoms with E-state index in [1.54, 1.807) is 0 Å². The molecule has 0 amide bonds. The molecule has 1 heterocycles. The van der Waals surface area contributed by atoms with Crippen LogP contribution in [0.4, 0.5) is 0 Å². The molecule has 2 aromatic carbocycles. The van der Waals surface area contributed by atoms with E-state index in [0.29, 0.717) is 6.10 Å². The molecule has 3 aliphatic carbocycles. The SMILES string of the molecule is CS(=O)(=O)OCCCC1(c2ccc(Cl)c(CCC3(c4cnccc4-c4ccccc4OC4CC4)CC3)c2)CC1. The van der Waals surface area contributed by atoms with Gasteiger partial charge in [0, 0.05) is 23.0 Å². The third-order valence-corrected chi connectivity index (χ3v) is 9.69. The van der Waals surface area contributed by atoms with Crippen LogP contribution in [0.2, 0.25) is 5.02 Å². The molecule has 3 saturated carbocycles. The van der Waals surface area contributed by atoms with Gasteiger partial charge in [0.15, 0.2) is 0 Å². The Balaban J connectivity index is 1.18. The molecule has 3 fully saturated rings. The van der Waals surface area contributed by atoms with Gasteiger partial charge in [0.25, 0.3) is 10.1 Å². The zero-order chi connectivity index (χ0) is 27.1. The van der Waals surface area contributed by atoms with Crippen molar-refractivity contribution in [2.75, 3.05) is 12.9 Å². The fraction of sp³-hybridized carbons (Fsp3) is 0.469. The van der Waals surface area contributed by atoms with Crippen molar-refractivity contribution in [3.8, 4) is 16.9 Å². The summed E-state index contributed by atoms with van der Waals surface area (Å²) in [6.45, 7) is 0.242. The molecule has 0 bridgehead atoms. The van der Waals surface area contributed by atoms with Gasteiger partial charge < -0.3 is 4.74 Å². The number of nitrogens with zero attached hydrogens (tertiary/aromatic N) is 1. The second-order valence-electron chi connectivity index (χ2n) is 11.7. The summed E-state index contributed by atoms with van der Waals surface area (Å²) in [6, 6.07) is 17.0. The molecule has 206 valence electrons. The summed E-state index contributed by atoms with van der Waals surface area (Å²) in [4.78, 5) is 4.54. The van der Waals surface area contributed by atoms with Gasteiger partial charge in [0.2, 0.25) is 0 Å². The molecular formula is C32H36ClNO4S. The van der Waals surface area contributed by atoms with Crippen molar-refractivity contribution in [3.05, 3.63) is 82.6 Å². The van der Waals surface area contributed by atoms with Gasteiger partial charge in [-0.15, -0.1) is 0 Å². The molecule has 0 spiro atoms. The van der Waals surface area contributed by atoms with Crippen LogP contribution >= 0.6 is 11.6 Å². The molecule has 3 aromatic rings. The van der Waals surface area contributed by atoms with Crippen molar-refractivity contribution in [1.82, 2.24) is 4.98 Å². The summed E-state index contributed by atoms with van der Waals surface area (Å²) in [5.41, 5.74) is 6.44. The minimum Gasteiger partial charge on any atom is -0.490 e. The standard InChI is InChI=1S/C32H36ClNO4S/c1-39(35,36)37-20-4-13-31(15-16-31)24-7-10-29(33)23(21-24)11-14-32(17-18-32)28-22-34-19-12-26(28)27-5-2-3-6-30(27)38-25-8-9-25/h2-3,5-7,10,12,19,21-22,25H,4,8-9,11,13-18,20H2,1H3. The third-order valence-electron chi connectivity index (χ3n) is 8.72. The zero-order valence-electron chi connectivity index (χ0n) is 22.5. The monoisotopic (exact) mass is 565 g/mol. The minimum atomic E-state index is -3.39. The number of benzene rings is 2. The fourth-order valence-electron chi connectivity index (χ4n) is 5.94. The summed E-state index contributed by atoms with van der Waals surface area (Å²) < 4.78 is 33.8. The zero-order valence-corrected chi connectivity index (χ0v) is 24.1. The first kappa shape index (κ1) is 26.8. The Hall–Kier alpha value is -2.41. The molecule has 7 heteroatoms. The van der Waals surface area contributed by atoms with Gasteiger partial charge in [-0.25, -0.2) is 0 Å². The Labute approximate surface area is 237 Å². The van der Waals surface area contributed by atoms with Crippen molar-refractivity contribution in [3.63, 3.8) is 0 Å². The number of hydrogen-bond donors (Lipinski definition) is 0. The Morgan fingerprint density at radius 2 is 1.74 bits per heavy atom. The quantitative estimate of drug-likeness (QED) is 0.160. The Bertz CT molecular complexity index is 1460. The first-order valence-electron chi connectivity index (χ1n) is 14.1. The van der Waals surface area contributed by atoms with Crippen molar-refractivity contribution < 1.29 is 17.3 Å². The van der Waals surface area contributed by atoms with Crippen LogP contribution in [-0.2, 0) is 31.6 Å². The van der Waals surface area contributed by atoms with Crippen molar-refractivity contribution in [2.45, 2.75) is 81.1 Å². The summed E-state index contributed by atoms with van der Waals surface area (Å²) >= 11 is 6.73. The predicted octanol–water partition coefficient (Wildman–Crippen LogP) is 7.40. The number of ether oxygens (including phenoxy) is 1. The van der Waals surface area contributed by atoms with Gasteiger partial charge in [-0.05, 0) is 115 Å². The molecule has 0 unspecified atom stereocenters. The van der Waals surface area contributed by atoms with Crippen LogP contribution in [-0.4, -0.2) is 32.4 Å². The lowest BCUT2D eigenvalue weighted by molar-refractivity contribution is 0.304. The highest BCUT2D eigenvalue weighted by Gasteiger charge is 2.46. The van der Waals surface area contributed by atoms with Crippen molar-refractivity contribution >= 4 is 21.7 Å². The number of aromatic nitrogens is 1. The normalized spacial score (nSPS) is 19.0. The highest BCUT2D eigenvalue weighted by molar-refractivity contribution is 7.85. The molecule has 0 radical (unpaired) electrons. The summed E-state index contributed by atoms with van der Waals surface area (Å²) in [6.07, 6.45) is 15.8. The summed E-state index contributed by atoms with van der Waals surface area (Å²) in [5.74, 6) is 0.968. The Kier molecular flexibility index (Phi) is 7.23. The number of hydrogen-bond acceptors (Lipinski definition) is 5. The Morgan fingerprint density at radius 3 is 2.46 bits per heavy atom. The van der Waals surface area contributed by atoms with E-state index in [0.717, 1.165) is 86.8 Å². The largest absolute Gasteiger partial charge is 0.490 e. The number of pyridine rings is 1. The van der Waals surface area contributed by atoms with Crippen LogP contribution in [0.15, 0.2) is 60.9 Å². The highest BCUT2D eigenvalue weighted by Crippen LogP contribution is 2.56. The molecule has 39 heavy (non-hydrogen) atoms. The van der Waals surface area contributed by atoms with E-state index in [9.17, 15) is 8.42 Å². The fourth-order valence-corrected chi connectivity index (χ4v) is 6.57. The van der Waals surface area contributed by atoms with Crippen molar-refractivity contribution in [2.24, 2.45) is 0 Å². The topological polar surface area (TPSA) is 65.5 Å². The van der Waals surface area contributed by atoms with E-state index in [1.807, 2.05) is 12.3 Å². The van der Waals surface area contributed by atoms with Crippen LogP contribution in [0.1, 0.15) is 74.5 Å². The molecule has 3 aliphatic rings. The average molecular weight is 566 g/mol. The number of aryl methyl sites for hydroxylation is 1. The lowest BCUT2D eigenvalue weighted by Crippen LogP contribution is -2.12. The molecule has 1 aromatic heterocycles. The second-order valence-corrected chi connectivity index (χ2v) is 13.8. The van der Waals surface area contributed by atoms with Crippen molar-refractivity contribution in [1.29, 1.82) is 0 Å². The van der Waals surface area contributed by atoms with Crippen LogP contribution in [0.25, 0.3) is 11.1 Å². The molecule has 0 N–H and O–H groups in total. The molecule has 0 atom stereocenters. The van der Waals surface area contributed by atoms with E-state index in [1.165, 1.54) is 22.3 Å². The lowest BCUT2D eigenvalue weighted by atomic mass is 9.84. The van der Waals surface area contributed by atoms with Gasteiger partial charge >= 0.3 is 0 Å². The predicted molar refractivity (Wildman–Crippen MR) is 155 cm³/mol. The lowest BCUT2D eigenvalue weighted by Gasteiger charge is -2.22. The number of halogens is 1. The van der Waals surface area contributed by atoms with Crippen LogP contribution in [0.5, 0.6) is 5.75 Å². The molecular weight excluding hydrogens is 530 g/mol. The molecule has 5 nitrogen and oxygen atoms in total. The van der Waals surface area contributed by atoms with E-state index in [-0.39, 0.29) is 17.4 Å². The number of rotatable bonds is 13. The smallest absolute Gasteiger partial charge is 0.264 e. The first-order chi connectivity index (χ1) is 18.8. The van der Waals surface area contributed by atoms with Crippen LogP contribution < -0.4 is 4.74 Å². The highest BCUT2D eigenvalue weighted by atomic mass is 35.5. The van der Waals surface area contributed by atoms with Gasteiger partial charge in [-0.1, -0.05) is 41.9 Å². The maximum Gasteiger partial charge on any atom is 0.264 e. The molecule has 0 aliphatic heterocycles. The van der Waals surface area contributed by atoms with Gasteiger partial charge in [0.1, 0.15) is 5.75 Å². The van der Waals surface area contributed by atoms with E-state index < -0.39 is 10.1 Å². The van der Waals surface area contributed by atoms with Gasteiger partial charge in [0.05, 0.1) is 19.0 Å². The Morgan fingerprint density at radius 1 is 0.974 bits per heavy atom. The second kappa shape index (κ2) is 10.5. The average Bonchev–Trinajstić information content (AvgIpc) is 3.78. The van der Waals surface area contributed by atoms with Crippen LogP contribution in [0, 0.1) is 0 Å². The van der Waals surface area contributed by atoms with Gasteiger partial charge in [-0.3, -0.25) is 9.17 Å². The summed E-state index contributed by atoms with van der Waals surface area (Å²) in [5, 5.41) is 0.820.